The fourth-order valence-electron chi connectivity index (χ4n) is 3.19. The summed E-state index contributed by atoms with van der Waals surface area (Å²) in [6.45, 7) is 6.95. The molecule has 2 heterocycles. The molecule has 176 valence electrons. The number of amides is 1. The largest absolute Gasteiger partial charge is 0.438 e. The van der Waals surface area contributed by atoms with Crippen molar-refractivity contribution in [1.82, 2.24) is 14.7 Å². The number of hydrogen-bond acceptors (Lipinski definition) is 6. The highest BCUT2D eigenvalue weighted by Crippen LogP contribution is 2.27. The highest BCUT2D eigenvalue weighted by atomic mass is 35.5. The Morgan fingerprint density at radius 3 is 2.79 bits per heavy atom. The SMILES string of the molecule is CCOCCCNC(=O)/C(C#N)=C/c1c(Oc2ccc(Cl)c(C)c2)nc2c(C)cccn2c1=O. The van der Waals surface area contributed by atoms with E-state index in [2.05, 4.69) is 10.3 Å². The van der Waals surface area contributed by atoms with Gasteiger partial charge < -0.3 is 14.8 Å². The maximum atomic E-state index is 13.3. The molecule has 3 aromatic rings. The first-order valence-corrected chi connectivity index (χ1v) is 11.2. The summed E-state index contributed by atoms with van der Waals surface area (Å²) in [5, 5.41) is 12.8. The Kier molecular flexibility index (Phi) is 8.41. The number of nitriles is 1. The van der Waals surface area contributed by atoms with E-state index in [0.29, 0.717) is 42.6 Å². The van der Waals surface area contributed by atoms with E-state index in [9.17, 15) is 14.9 Å². The molecule has 0 aliphatic rings. The first-order valence-electron chi connectivity index (χ1n) is 10.8. The minimum atomic E-state index is -0.596. The van der Waals surface area contributed by atoms with Crippen LogP contribution in [0.15, 0.2) is 46.9 Å². The number of ether oxygens (including phenoxy) is 2. The standard InChI is InChI=1S/C25H25ClN4O4/c1-4-33-12-6-10-28-23(31)18(15-27)14-20-24(34-19-8-9-21(26)17(3)13-19)29-22-16(2)7-5-11-30(22)25(20)32/h5,7-9,11,13-14H,4,6,10,12H2,1-3H3,(H,28,31)/b18-14+. The Balaban J connectivity index is 2.05. The normalized spacial score (nSPS) is 11.3. The third kappa shape index (κ3) is 5.81. The quantitative estimate of drug-likeness (QED) is 0.279. The van der Waals surface area contributed by atoms with Crippen LogP contribution in [0, 0.1) is 25.2 Å². The molecular weight excluding hydrogens is 456 g/mol. The third-order valence-corrected chi connectivity index (χ3v) is 5.43. The predicted octanol–water partition coefficient (Wildman–Crippen LogP) is 4.21. The smallest absolute Gasteiger partial charge is 0.269 e. The van der Waals surface area contributed by atoms with Crippen molar-refractivity contribution in [1.29, 1.82) is 5.26 Å². The molecule has 1 amide bonds. The fourth-order valence-corrected chi connectivity index (χ4v) is 3.31. The van der Waals surface area contributed by atoms with Gasteiger partial charge in [-0.2, -0.15) is 10.2 Å². The van der Waals surface area contributed by atoms with Crippen molar-refractivity contribution in [2.45, 2.75) is 27.2 Å². The van der Waals surface area contributed by atoms with E-state index >= 15 is 0 Å². The third-order valence-electron chi connectivity index (χ3n) is 5.00. The Labute approximate surface area is 202 Å². The molecule has 0 unspecified atom stereocenters. The van der Waals surface area contributed by atoms with E-state index in [1.807, 2.05) is 32.9 Å². The van der Waals surface area contributed by atoms with Gasteiger partial charge in [-0.25, -0.2) is 0 Å². The van der Waals surface area contributed by atoms with Gasteiger partial charge in [0.15, 0.2) is 0 Å². The highest BCUT2D eigenvalue weighted by Gasteiger charge is 2.18. The maximum absolute atomic E-state index is 13.3. The summed E-state index contributed by atoms with van der Waals surface area (Å²) in [6.07, 6.45) is 3.38. The summed E-state index contributed by atoms with van der Waals surface area (Å²) in [5.74, 6) is -0.195. The van der Waals surface area contributed by atoms with E-state index in [4.69, 9.17) is 21.1 Å². The van der Waals surface area contributed by atoms with Gasteiger partial charge in [0.2, 0.25) is 5.88 Å². The fraction of sp³-hybridized carbons (Fsp3) is 0.280. The topological polar surface area (TPSA) is 106 Å². The van der Waals surface area contributed by atoms with Crippen LogP contribution in [-0.2, 0) is 9.53 Å². The molecule has 0 saturated carbocycles. The first kappa shape index (κ1) is 25.0. The molecule has 9 heteroatoms. The number of pyridine rings is 1. The van der Waals surface area contributed by atoms with Crippen molar-refractivity contribution >= 4 is 29.2 Å². The van der Waals surface area contributed by atoms with Crippen molar-refractivity contribution in [2.75, 3.05) is 19.8 Å². The number of carbonyl (C=O) groups excluding carboxylic acids is 1. The summed E-state index contributed by atoms with van der Waals surface area (Å²) in [4.78, 5) is 30.4. The van der Waals surface area contributed by atoms with Crippen molar-refractivity contribution in [2.24, 2.45) is 0 Å². The van der Waals surface area contributed by atoms with Crippen LogP contribution < -0.4 is 15.6 Å². The van der Waals surface area contributed by atoms with E-state index in [0.717, 1.165) is 11.1 Å². The molecule has 0 aliphatic carbocycles. The van der Waals surface area contributed by atoms with Crippen LogP contribution in [0.3, 0.4) is 0 Å². The molecule has 0 spiro atoms. The minimum absolute atomic E-state index is 0.0158. The van der Waals surface area contributed by atoms with Crippen molar-refractivity contribution < 1.29 is 14.3 Å². The lowest BCUT2D eigenvalue weighted by Crippen LogP contribution is -2.27. The first-order chi connectivity index (χ1) is 16.3. The number of carbonyl (C=O) groups is 1. The van der Waals surface area contributed by atoms with Crippen molar-refractivity contribution in [3.05, 3.63) is 74.2 Å². The molecule has 0 atom stereocenters. The molecule has 0 bridgehead atoms. The zero-order valence-electron chi connectivity index (χ0n) is 19.2. The second-order valence-electron chi connectivity index (χ2n) is 7.51. The molecule has 0 saturated heterocycles. The number of benzene rings is 1. The summed E-state index contributed by atoms with van der Waals surface area (Å²) >= 11 is 6.11. The zero-order valence-corrected chi connectivity index (χ0v) is 20.0. The average molecular weight is 481 g/mol. The molecule has 1 N–H and O–H groups in total. The highest BCUT2D eigenvalue weighted by molar-refractivity contribution is 6.31. The van der Waals surface area contributed by atoms with Gasteiger partial charge in [-0.3, -0.25) is 14.0 Å². The van der Waals surface area contributed by atoms with Crippen molar-refractivity contribution in [3.63, 3.8) is 0 Å². The van der Waals surface area contributed by atoms with E-state index < -0.39 is 11.5 Å². The van der Waals surface area contributed by atoms with Crippen LogP contribution in [0.5, 0.6) is 11.6 Å². The summed E-state index contributed by atoms with van der Waals surface area (Å²) in [5.41, 5.74) is 1.24. The number of nitrogens with zero attached hydrogens (tertiary/aromatic N) is 3. The lowest BCUT2D eigenvalue weighted by Gasteiger charge is -2.12. The van der Waals surface area contributed by atoms with E-state index in [1.165, 1.54) is 10.5 Å². The van der Waals surface area contributed by atoms with Crippen LogP contribution in [0.1, 0.15) is 30.0 Å². The van der Waals surface area contributed by atoms with Gasteiger partial charge >= 0.3 is 0 Å². The Morgan fingerprint density at radius 1 is 1.29 bits per heavy atom. The summed E-state index contributed by atoms with van der Waals surface area (Å²) in [6, 6.07) is 10.5. The molecule has 2 aromatic heterocycles. The van der Waals surface area contributed by atoms with Crippen LogP contribution >= 0.6 is 11.6 Å². The number of rotatable bonds is 9. The van der Waals surface area contributed by atoms with Crippen LogP contribution in [-0.4, -0.2) is 35.1 Å². The van der Waals surface area contributed by atoms with Crippen LogP contribution in [0.4, 0.5) is 0 Å². The molecule has 3 rings (SSSR count). The number of hydrogen-bond donors (Lipinski definition) is 1. The van der Waals surface area contributed by atoms with Gasteiger partial charge in [-0.05, 0) is 68.7 Å². The number of fused-ring (bicyclic) bond motifs is 1. The van der Waals surface area contributed by atoms with Gasteiger partial charge in [0.1, 0.15) is 28.6 Å². The van der Waals surface area contributed by atoms with Crippen molar-refractivity contribution in [3.8, 4) is 17.7 Å². The van der Waals surface area contributed by atoms with Gasteiger partial charge in [0, 0.05) is 31.0 Å². The average Bonchev–Trinajstić information content (AvgIpc) is 2.82. The number of nitrogens with one attached hydrogen (secondary N) is 1. The lowest BCUT2D eigenvalue weighted by molar-refractivity contribution is -0.117. The van der Waals surface area contributed by atoms with Crippen LogP contribution in [0.25, 0.3) is 11.7 Å². The molecule has 0 radical (unpaired) electrons. The maximum Gasteiger partial charge on any atom is 0.269 e. The molecule has 34 heavy (non-hydrogen) atoms. The molecule has 1 aromatic carbocycles. The minimum Gasteiger partial charge on any atom is -0.438 e. The Hall–Kier alpha value is -3.67. The number of halogens is 1. The van der Waals surface area contributed by atoms with E-state index in [1.54, 1.807) is 30.5 Å². The molecular formula is C25H25ClN4O4. The van der Waals surface area contributed by atoms with Gasteiger partial charge in [-0.1, -0.05) is 17.7 Å². The second-order valence-corrected chi connectivity index (χ2v) is 7.92. The lowest BCUT2D eigenvalue weighted by atomic mass is 10.1. The second kappa shape index (κ2) is 11.5. The number of aryl methyl sites for hydroxylation is 2. The zero-order chi connectivity index (χ0) is 24.7. The Morgan fingerprint density at radius 2 is 2.09 bits per heavy atom. The van der Waals surface area contributed by atoms with Gasteiger partial charge in [0.25, 0.3) is 11.5 Å². The van der Waals surface area contributed by atoms with Gasteiger partial charge in [0.05, 0.1) is 0 Å². The van der Waals surface area contributed by atoms with Crippen LogP contribution in [0.2, 0.25) is 5.02 Å². The number of aromatic nitrogens is 2. The summed E-state index contributed by atoms with van der Waals surface area (Å²) in [7, 11) is 0. The monoisotopic (exact) mass is 480 g/mol. The predicted molar refractivity (Wildman–Crippen MR) is 130 cm³/mol. The summed E-state index contributed by atoms with van der Waals surface area (Å²) < 4.78 is 12.6. The molecule has 8 nitrogen and oxygen atoms in total. The molecule has 0 aliphatic heterocycles. The molecule has 0 fully saturated rings. The van der Waals surface area contributed by atoms with E-state index in [-0.39, 0.29) is 17.0 Å². The Bertz CT molecular complexity index is 1340. The van der Waals surface area contributed by atoms with Gasteiger partial charge in [-0.15, -0.1) is 0 Å².